The molecule has 0 saturated carbocycles. The summed E-state index contributed by atoms with van der Waals surface area (Å²) in [5.74, 6) is 0. The average molecular weight is 605 g/mol. The summed E-state index contributed by atoms with van der Waals surface area (Å²) < 4.78 is 0. The van der Waals surface area contributed by atoms with Crippen LogP contribution in [0.25, 0.3) is 11.1 Å². The van der Waals surface area contributed by atoms with Gasteiger partial charge in [-0.3, -0.25) is 0 Å². The molecule has 0 aliphatic carbocycles. The number of hydrogen-bond donors (Lipinski definition) is 0. The molecule has 0 aromatic heterocycles. The average Bonchev–Trinajstić information content (AvgIpc) is 3.06. The topological polar surface area (TPSA) is 6.48 Å². The monoisotopic (exact) mass is 604 g/mol. The van der Waals surface area contributed by atoms with Gasteiger partial charge in [-0.05, 0) is 112 Å². The first-order chi connectivity index (χ1) is 21.9. The molecule has 0 fully saturated rings. The second-order valence-electron chi connectivity index (χ2n) is 11.8. The van der Waals surface area contributed by atoms with Gasteiger partial charge in [-0.15, -0.1) is 0 Å². The van der Waals surface area contributed by atoms with Crippen LogP contribution >= 0.6 is 0 Å². The molecule has 6 aromatic rings. The molecular formula is C44H48N2. The van der Waals surface area contributed by atoms with E-state index in [9.17, 15) is 0 Å². The van der Waals surface area contributed by atoms with Crippen LogP contribution in [-0.4, -0.2) is 0 Å². The van der Waals surface area contributed by atoms with Gasteiger partial charge in [0.2, 0.25) is 0 Å². The summed E-state index contributed by atoms with van der Waals surface area (Å²) in [7, 11) is 0. The first-order valence-corrected chi connectivity index (χ1v) is 15.9. The predicted octanol–water partition coefficient (Wildman–Crippen LogP) is 13.6. The van der Waals surface area contributed by atoms with E-state index in [1.807, 2.05) is 0 Å². The Bertz CT molecular complexity index is 1540. The van der Waals surface area contributed by atoms with Crippen LogP contribution in [0, 0.1) is 27.7 Å². The van der Waals surface area contributed by atoms with Crippen molar-refractivity contribution >= 4 is 34.1 Å². The van der Waals surface area contributed by atoms with Crippen molar-refractivity contribution in [3.8, 4) is 11.1 Å². The molecule has 2 nitrogen and oxygen atoms in total. The second-order valence-corrected chi connectivity index (χ2v) is 11.8. The largest absolute Gasteiger partial charge is 0.311 e. The van der Waals surface area contributed by atoms with E-state index in [1.165, 1.54) is 39.8 Å². The molecule has 234 valence electrons. The SMILES string of the molecule is C.CCC.Cc1ccc(N(c2ccc(C)cc2)c2ccc(-c3ccc(N(c4ccc(C)cc4)c4ccc(C)cc4)cc3)cc2)cc1. The summed E-state index contributed by atoms with van der Waals surface area (Å²) in [6.45, 7) is 12.8. The summed E-state index contributed by atoms with van der Waals surface area (Å²) in [5.41, 5.74) is 14.3. The third-order valence-electron chi connectivity index (χ3n) is 7.75. The van der Waals surface area contributed by atoms with Crippen LogP contribution in [0.3, 0.4) is 0 Å². The highest BCUT2D eigenvalue weighted by molar-refractivity contribution is 5.80. The van der Waals surface area contributed by atoms with Crippen molar-refractivity contribution in [2.45, 2.75) is 55.4 Å². The van der Waals surface area contributed by atoms with Crippen molar-refractivity contribution < 1.29 is 0 Å². The molecule has 46 heavy (non-hydrogen) atoms. The van der Waals surface area contributed by atoms with Crippen molar-refractivity contribution in [1.82, 2.24) is 0 Å². The molecule has 0 saturated heterocycles. The van der Waals surface area contributed by atoms with Gasteiger partial charge in [0.05, 0.1) is 0 Å². The van der Waals surface area contributed by atoms with Gasteiger partial charge < -0.3 is 9.80 Å². The third-order valence-corrected chi connectivity index (χ3v) is 7.75. The van der Waals surface area contributed by atoms with E-state index in [0.717, 1.165) is 34.1 Å². The first-order valence-electron chi connectivity index (χ1n) is 15.9. The Morgan fingerprint density at radius 1 is 0.304 bits per heavy atom. The number of benzene rings is 6. The summed E-state index contributed by atoms with van der Waals surface area (Å²) in [5, 5.41) is 0. The molecule has 0 heterocycles. The third kappa shape index (κ3) is 8.14. The fraction of sp³-hybridized carbons (Fsp3) is 0.182. The maximum atomic E-state index is 2.31. The molecule has 0 N–H and O–H groups in total. The van der Waals surface area contributed by atoms with Crippen molar-refractivity contribution in [3.63, 3.8) is 0 Å². The minimum Gasteiger partial charge on any atom is -0.311 e. The van der Waals surface area contributed by atoms with Crippen LogP contribution in [0.4, 0.5) is 34.1 Å². The standard InChI is InChI=1S/C40H36N2.C3H8.CH4/c1-29-5-17-35(18-6-29)41(36-19-7-30(2)8-20-36)39-25-13-33(14-26-39)34-15-27-40(28-16-34)42(37-21-9-31(3)10-22-37)38-23-11-32(4)12-24-38;1-3-2;/h5-28H,1-4H3;3H2,1-2H3;1H4. The lowest BCUT2D eigenvalue weighted by atomic mass is 10.0. The van der Waals surface area contributed by atoms with Gasteiger partial charge in [-0.1, -0.05) is 123 Å². The number of anilines is 6. The Balaban J connectivity index is 0.00000116. The lowest BCUT2D eigenvalue weighted by molar-refractivity contribution is 1.09. The van der Waals surface area contributed by atoms with Gasteiger partial charge in [0.15, 0.2) is 0 Å². The van der Waals surface area contributed by atoms with Crippen molar-refractivity contribution in [1.29, 1.82) is 0 Å². The summed E-state index contributed by atoms with van der Waals surface area (Å²) >= 11 is 0. The molecule has 0 bridgehead atoms. The van der Waals surface area contributed by atoms with Gasteiger partial charge >= 0.3 is 0 Å². The van der Waals surface area contributed by atoms with Gasteiger partial charge in [-0.2, -0.15) is 0 Å². The van der Waals surface area contributed by atoms with E-state index < -0.39 is 0 Å². The van der Waals surface area contributed by atoms with E-state index in [4.69, 9.17) is 0 Å². The second kappa shape index (κ2) is 15.8. The van der Waals surface area contributed by atoms with E-state index in [1.54, 1.807) is 0 Å². The molecule has 0 aliphatic rings. The number of aryl methyl sites for hydroxylation is 4. The minimum absolute atomic E-state index is 0. The smallest absolute Gasteiger partial charge is 0.0462 e. The Kier molecular flexibility index (Phi) is 11.6. The lowest BCUT2D eigenvalue weighted by Crippen LogP contribution is -2.10. The molecule has 0 radical (unpaired) electrons. The van der Waals surface area contributed by atoms with Crippen molar-refractivity contribution in [2.24, 2.45) is 0 Å². The molecule has 6 rings (SSSR count). The van der Waals surface area contributed by atoms with E-state index in [-0.39, 0.29) is 7.43 Å². The predicted molar refractivity (Wildman–Crippen MR) is 203 cm³/mol. The van der Waals surface area contributed by atoms with Crippen LogP contribution < -0.4 is 9.80 Å². The lowest BCUT2D eigenvalue weighted by Gasteiger charge is -2.26. The van der Waals surface area contributed by atoms with Gasteiger partial charge in [0.25, 0.3) is 0 Å². The molecule has 0 amide bonds. The van der Waals surface area contributed by atoms with Crippen molar-refractivity contribution in [3.05, 3.63) is 168 Å². The Morgan fingerprint density at radius 2 is 0.457 bits per heavy atom. The molecular weight excluding hydrogens is 556 g/mol. The highest BCUT2D eigenvalue weighted by Gasteiger charge is 2.14. The molecule has 6 aromatic carbocycles. The summed E-state index contributed by atoms with van der Waals surface area (Å²) in [6, 6.07) is 52.6. The number of nitrogens with zero attached hydrogens (tertiary/aromatic N) is 2. The minimum atomic E-state index is 0. The van der Waals surface area contributed by atoms with Gasteiger partial charge in [-0.25, -0.2) is 0 Å². The zero-order valence-corrected chi connectivity index (χ0v) is 27.5. The highest BCUT2D eigenvalue weighted by atomic mass is 15.1. The molecule has 0 spiro atoms. The van der Waals surface area contributed by atoms with Crippen LogP contribution in [0.1, 0.15) is 49.9 Å². The van der Waals surface area contributed by atoms with Crippen LogP contribution in [-0.2, 0) is 0 Å². The van der Waals surface area contributed by atoms with E-state index in [0.29, 0.717) is 0 Å². The fourth-order valence-corrected chi connectivity index (χ4v) is 5.28. The molecule has 2 heteroatoms. The highest BCUT2D eigenvalue weighted by Crippen LogP contribution is 2.38. The summed E-state index contributed by atoms with van der Waals surface area (Å²) in [6.07, 6.45) is 1.25. The Labute approximate surface area is 277 Å². The van der Waals surface area contributed by atoms with Gasteiger partial charge in [0.1, 0.15) is 0 Å². The Morgan fingerprint density at radius 3 is 0.630 bits per heavy atom. The number of hydrogen-bond acceptors (Lipinski definition) is 2. The van der Waals surface area contributed by atoms with Crippen LogP contribution in [0.5, 0.6) is 0 Å². The van der Waals surface area contributed by atoms with Crippen molar-refractivity contribution in [2.75, 3.05) is 9.80 Å². The first kappa shape index (κ1) is 33.8. The number of rotatable bonds is 7. The maximum absolute atomic E-state index is 2.31. The van der Waals surface area contributed by atoms with Crippen LogP contribution in [0.2, 0.25) is 0 Å². The maximum Gasteiger partial charge on any atom is 0.0462 e. The van der Waals surface area contributed by atoms with E-state index in [2.05, 4.69) is 197 Å². The molecule has 0 atom stereocenters. The van der Waals surface area contributed by atoms with Gasteiger partial charge in [0, 0.05) is 34.1 Å². The quantitative estimate of drug-likeness (QED) is 0.179. The molecule has 0 unspecified atom stereocenters. The zero-order chi connectivity index (χ0) is 31.8. The summed E-state index contributed by atoms with van der Waals surface area (Å²) in [4.78, 5) is 4.62. The fourth-order valence-electron chi connectivity index (χ4n) is 5.28. The zero-order valence-electron chi connectivity index (χ0n) is 27.5. The van der Waals surface area contributed by atoms with E-state index >= 15 is 0 Å². The molecule has 0 aliphatic heterocycles. The normalized spacial score (nSPS) is 10.3. The Hall–Kier alpha value is -5.08. The van der Waals surface area contributed by atoms with Crippen LogP contribution in [0.15, 0.2) is 146 Å².